The van der Waals surface area contributed by atoms with E-state index in [4.69, 9.17) is 4.74 Å². The number of benzene rings is 1. The molecule has 134 valence electrons. The summed E-state index contributed by atoms with van der Waals surface area (Å²) in [4.78, 5) is 12.1. The Labute approximate surface area is 150 Å². The number of ether oxygens (including phenoxy) is 1. The molecule has 1 N–H and O–H groups in total. The van der Waals surface area contributed by atoms with Crippen LogP contribution < -0.4 is 10.1 Å². The van der Waals surface area contributed by atoms with Crippen LogP contribution in [-0.4, -0.2) is 24.1 Å². The Kier molecular flexibility index (Phi) is 5.47. The summed E-state index contributed by atoms with van der Waals surface area (Å²) in [6.07, 6.45) is 4.79. The molecule has 1 aliphatic rings. The zero-order valence-corrected chi connectivity index (χ0v) is 15.5. The van der Waals surface area contributed by atoms with Gasteiger partial charge in [0.05, 0.1) is 7.11 Å². The lowest BCUT2D eigenvalue weighted by molar-refractivity contribution is -0.121. The molecule has 0 radical (unpaired) electrons. The third-order valence-corrected chi connectivity index (χ3v) is 5.02. The Morgan fingerprint density at radius 2 is 1.92 bits per heavy atom. The van der Waals surface area contributed by atoms with E-state index in [1.807, 2.05) is 24.3 Å². The van der Waals surface area contributed by atoms with Gasteiger partial charge in [0.25, 0.3) is 0 Å². The zero-order valence-electron chi connectivity index (χ0n) is 15.5. The van der Waals surface area contributed by atoms with Gasteiger partial charge in [-0.25, -0.2) is 0 Å². The summed E-state index contributed by atoms with van der Waals surface area (Å²) in [5.41, 5.74) is 5.23. The van der Waals surface area contributed by atoms with Crippen LogP contribution in [0.2, 0.25) is 0 Å². The fourth-order valence-corrected chi connectivity index (χ4v) is 3.47. The maximum absolute atomic E-state index is 12.1. The van der Waals surface area contributed by atoms with Crippen LogP contribution in [0.15, 0.2) is 30.3 Å². The van der Waals surface area contributed by atoms with Gasteiger partial charge in [-0.15, -0.1) is 0 Å². The summed E-state index contributed by atoms with van der Waals surface area (Å²) >= 11 is 0. The van der Waals surface area contributed by atoms with E-state index < -0.39 is 0 Å². The highest BCUT2D eigenvalue weighted by molar-refractivity contribution is 5.76. The molecule has 1 amide bonds. The van der Waals surface area contributed by atoms with Crippen molar-refractivity contribution in [2.45, 2.75) is 52.0 Å². The van der Waals surface area contributed by atoms with Crippen LogP contribution in [0.25, 0.3) is 0 Å². The minimum Gasteiger partial charge on any atom is -0.497 e. The molecule has 1 aromatic heterocycles. The van der Waals surface area contributed by atoms with E-state index in [1.165, 1.54) is 29.8 Å². The van der Waals surface area contributed by atoms with Gasteiger partial charge in [0.1, 0.15) is 5.75 Å². The quantitative estimate of drug-likeness (QED) is 0.795. The molecular weight excluding hydrogens is 312 g/mol. The third-order valence-electron chi connectivity index (χ3n) is 5.02. The van der Waals surface area contributed by atoms with Crippen LogP contribution in [0, 0.1) is 13.8 Å². The second kappa shape index (κ2) is 7.77. The topological polar surface area (TPSA) is 43.3 Å². The van der Waals surface area contributed by atoms with Crippen LogP contribution in [-0.2, 0) is 17.6 Å². The van der Waals surface area contributed by atoms with Crippen LogP contribution in [0.4, 0.5) is 0 Å². The Morgan fingerprint density at radius 1 is 1.20 bits per heavy atom. The van der Waals surface area contributed by atoms with Gasteiger partial charge < -0.3 is 14.6 Å². The molecule has 1 aliphatic carbocycles. The maximum Gasteiger partial charge on any atom is 0.220 e. The summed E-state index contributed by atoms with van der Waals surface area (Å²) in [5, 5.41) is 3.05. The smallest absolute Gasteiger partial charge is 0.220 e. The van der Waals surface area contributed by atoms with E-state index in [0.29, 0.717) is 19.0 Å². The van der Waals surface area contributed by atoms with E-state index in [0.717, 1.165) is 24.2 Å². The SMILES string of the molecule is COc1ccc(CCC(=O)NCCc2cc(C)n(C3CC3)c2C)cc1. The largest absolute Gasteiger partial charge is 0.497 e. The summed E-state index contributed by atoms with van der Waals surface area (Å²) < 4.78 is 7.61. The van der Waals surface area contributed by atoms with Crippen molar-refractivity contribution < 1.29 is 9.53 Å². The molecule has 1 aromatic carbocycles. The molecule has 0 unspecified atom stereocenters. The number of rotatable bonds is 8. The van der Waals surface area contributed by atoms with Crippen LogP contribution in [0.1, 0.15) is 47.8 Å². The third kappa shape index (κ3) is 4.44. The first-order chi connectivity index (χ1) is 12.1. The molecule has 4 nitrogen and oxygen atoms in total. The number of carbonyl (C=O) groups excluding carboxylic acids is 1. The van der Waals surface area contributed by atoms with Crippen molar-refractivity contribution in [2.75, 3.05) is 13.7 Å². The summed E-state index contributed by atoms with van der Waals surface area (Å²) in [6.45, 7) is 5.09. The lowest BCUT2D eigenvalue weighted by Gasteiger charge is -2.09. The number of aryl methyl sites for hydroxylation is 2. The second-order valence-corrected chi connectivity index (χ2v) is 6.95. The molecule has 0 bridgehead atoms. The number of hydrogen-bond acceptors (Lipinski definition) is 2. The molecule has 4 heteroatoms. The first-order valence-electron chi connectivity index (χ1n) is 9.15. The molecule has 25 heavy (non-hydrogen) atoms. The molecule has 0 atom stereocenters. The number of methoxy groups -OCH3 is 1. The summed E-state index contributed by atoms with van der Waals surface area (Å²) in [5.74, 6) is 0.962. The molecule has 1 saturated carbocycles. The zero-order chi connectivity index (χ0) is 17.8. The van der Waals surface area contributed by atoms with Crippen LogP contribution in [0.5, 0.6) is 5.75 Å². The molecule has 3 rings (SSSR count). The van der Waals surface area contributed by atoms with E-state index in [2.05, 4.69) is 29.8 Å². The van der Waals surface area contributed by atoms with Crippen molar-refractivity contribution in [3.8, 4) is 5.75 Å². The van der Waals surface area contributed by atoms with Crippen LogP contribution in [0.3, 0.4) is 0 Å². The van der Waals surface area contributed by atoms with Gasteiger partial charge in [-0.05, 0) is 68.9 Å². The highest BCUT2D eigenvalue weighted by Gasteiger charge is 2.26. The molecule has 0 spiro atoms. The van der Waals surface area contributed by atoms with E-state index in [9.17, 15) is 4.79 Å². The number of nitrogens with one attached hydrogen (secondary N) is 1. The van der Waals surface area contributed by atoms with E-state index in [1.54, 1.807) is 7.11 Å². The van der Waals surface area contributed by atoms with Gasteiger partial charge in [-0.2, -0.15) is 0 Å². The summed E-state index contributed by atoms with van der Waals surface area (Å²) in [7, 11) is 1.66. The fraction of sp³-hybridized carbons (Fsp3) is 0.476. The standard InChI is InChI=1S/C21H28N2O2/c1-15-14-18(16(2)23(15)19-7-8-19)12-13-22-21(24)11-6-17-4-9-20(25-3)10-5-17/h4-5,9-10,14,19H,6-8,11-13H2,1-3H3,(H,22,24). The van der Waals surface area contributed by atoms with Gasteiger partial charge >= 0.3 is 0 Å². The lowest BCUT2D eigenvalue weighted by Crippen LogP contribution is -2.26. The molecule has 0 saturated heterocycles. The van der Waals surface area contributed by atoms with Crippen molar-refractivity contribution >= 4 is 5.91 Å². The Morgan fingerprint density at radius 3 is 2.56 bits per heavy atom. The summed E-state index contributed by atoms with van der Waals surface area (Å²) in [6, 6.07) is 10.9. The highest BCUT2D eigenvalue weighted by atomic mass is 16.5. The van der Waals surface area contributed by atoms with Crippen molar-refractivity contribution in [2.24, 2.45) is 0 Å². The van der Waals surface area contributed by atoms with Crippen molar-refractivity contribution in [1.82, 2.24) is 9.88 Å². The van der Waals surface area contributed by atoms with E-state index in [-0.39, 0.29) is 5.91 Å². The predicted octanol–water partition coefficient (Wildman–Crippen LogP) is 3.74. The first kappa shape index (κ1) is 17.6. The average Bonchev–Trinajstić information content (AvgIpc) is 3.40. The molecule has 2 aromatic rings. The fourth-order valence-electron chi connectivity index (χ4n) is 3.47. The monoisotopic (exact) mass is 340 g/mol. The molecule has 0 aliphatic heterocycles. The van der Waals surface area contributed by atoms with Gasteiger partial charge in [-0.3, -0.25) is 4.79 Å². The van der Waals surface area contributed by atoms with Gasteiger partial charge in [0.2, 0.25) is 5.91 Å². The van der Waals surface area contributed by atoms with Gasteiger partial charge in [-0.1, -0.05) is 12.1 Å². The number of nitrogens with zero attached hydrogens (tertiary/aromatic N) is 1. The number of carbonyl (C=O) groups is 1. The Hall–Kier alpha value is -2.23. The maximum atomic E-state index is 12.1. The number of aromatic nitrogens is 1. The van der Waals surface area contributed by atoms with Crippen molar-refractivity contribution in [1.29, 1.82) is 0 Å². The normalized spacial score (nSPS) is 13.7. The minimum absolute atomic E-state index is 0.117. The Bertz CT molecular complexity index is 727. The molecule has 1 fully saturated rings. The van der Waals surface area contributed by atoms with Crippen molar-refractivity contribution in [3.63, 3.8) is 0 Å². The van der Waals surface area contributed by atoms with Crippen molar-refractivity contribution in [3.05, 3.63) is 52.8 Å². The second-order valence-electron chi connectivity index (χ2n) is 6.95. The van der Waals surface area contributed by atoms with E-state index >= 15 is 0 Å². The lowest BCUT2D eigenvalue weighted by atomic mass is 10.1. The highest BCUT2D eigenvalue weighted by Crippen LogP contribution is 2.38. The minimum atomic E-state index is 0.117. The number of amides is 1. The van der Waals surface area contributed by atoms with Gasteiger partial charge in [0, 0.05) is 30.4 Å². The number of hydrogen-bond donors (Lipinski definition) is 1. The average molecular weight is 340 g/mol. The Balaban J connectivity index is 1.42. The predicted molar refractivity (Wildman–Crippen MR) is 100 cm³/mol. The van der Waals surface area contributed by atoms with Crippen LogP contribution >= 0.6 is 0 Å². The first-order valence-corrected chi connectivity index (χ1v) is 9.15. The molecule has 1 heterocycles. The van der Waals surface area contributed by atoms with Gasteiger partial charge in [0.15, 0.2) is 0 Å². The molecular formula is C21H28N2O2.